The Bertz CT molecular complexity index is 2070. The minimum Gasteiger partial charge on any atom is -0.457 e. The molecule has 388 valence electrons. The van der Waals surface area contributed by atoms with Crippen molar-refractivity contribution >= 4 is 59.8 Å². The summed E-state index contributed by atoms with van der Waals surface area (Å²) in [5.74, 6) is -4.73. The molecule has 24 heteroatoms. The number of carbonyl (C=O) groups is 7. The van der Waals surface area contributed by atoms with E-state index in [1.807, 2.05) is 6.92 Å². The normalized spacial score (nSPS) is 17.4. The molecule has 2 rings (SSSR count). The van der Waals surface area contributed by atoms with E-state index < -0.39 is 106 Å². The van der Waals surface area contributed by atoms with E-state index >= 15 is 4.39 Å². The monoisotopic (exact) mass is 983 g/mol. The highest BCUT2D eigenvalue weighted by Crippen LogP contribution is 2.38. The van der Waals surface area contributed by atoms with Gasteiger partial charge >= 0.3 is 42.1 Å². The Labute approximate surface area is 401 Å². The maximum Gasteiger partial charge on any atom is 0.435 e. The van der Waals surface area contributed by atoms with Gasteiger partial charge in [0, 0.05) is 38.1 Å². The molecule has 1 aromatic rings. The van der Waals surface area contributed by atoms with Gasteiger partial charge in [0.2, 0.25) is 5.96 Å². The zero-order chi connectivity index (χ0) is 52.5. The number of nitrogens with zero attached hydrogens (tertiary/aromatic N) is 4. The Morgan fingerprint density at radius 1 is 0.754 bits per heavy atom. The summed E-state index contributed by atoms with van der Waals surface area (Å²) >= 11 is 0. The molecule has 0 radical (unpaired) electrons. The van der Waals surface area contributed by atoms with Gasteiger partial charge in [0.05, 0.1) is 18.9 Å². The van der Waals surface area contributed by atoms with Crippen molar-refractivity contribution in [3.63, 3.8) is 0 Å². The molecule has 4 N–H and O–H groups in total. The first-order valence-corrected chi connectivity index (χ1v) is 22.7. The van der Waals surface area contributed by atoms with Gasteiger partial charge in [0.15, 0.2) is 24.0 Å². The highest BCUT2D eigenvalue weighted by Gasteiger charge is 2.47. The van der Waals surface area contributed by atoms with Crippen molar-refractivity contribution < 1.29 is 71.1 Å². The van der Waals surface area contributed by atoms with Gasteiger partial charge in [-0.25, -0.2) is 33.2 Å². The van der Waals surface area contributed by atoms with E-state index in [-0.39, 0.29) is 57.1 Å². The van der Waals surface area contributed by atoms with Gasteiger partial charge < -0.3 is 33.2 Å². The Balaban J connectivity index is 2.43. The van der Waals surface area contributed by atoms with Crippen LogP contribution in [-0.2, 0) is 42.7 Å². The predicted molar refractivity (Wildman–Crippen MR) is 248 cm³/mol. The lowest BCUT2D eigenvalue weighted by Crippen LogP contribution is -2.47. The topological polar surface area (TPSA) is 292 Å². The van der Waals surface area contributed by atoms with Gasteiger partial charge in [-0.1, -0.05) is 19.8 Å². The lowest BCUT2D eigenvalue weighted by Gasteiger charge is -2.24. The van der Waals surface area contributed by atoms with E-state index in [1.165, 1.54) is 0 Å². The number of halogens is 1. The van der Waals surface area contributed by atoms with Crippen LogP contribution in [0.3, 0.4) is 0 Å². The summed E-state index contributed by atoms with van der Waals surface area (Å²) in [5, 5.41) is 9.16. The highest BCUT2D eigenvalue weighted by atomic mass is 19.1. The quantitative estimate of drug-likeness (QED) is 0.0414. The number of guanidine groups is 1. The van der Waals surface area contributed by atoms with E-state index in [2.05, 4.69) is 36.2 Å². The predicted octanol–water partition coefficient (Wildman–Crippen LogP) is 7.35. The maximum atomic E-state index is 15.5. The second-order valence-electron chi connectivity index (χ2n) is 19.9. The number of carbonyl (C=O) groups excluding carboxylic acids is 7. The first-order chi connectivity index (χ1) is 31.7. The number of amides is 5. The third-order valence-electron chi connectivity index (χ3n) is 8.73. The number of anilines is 1. The molecule has 69 heavy (non-hydrogen) atoms. The van der Waals surface area contributed by atoms with Crippen LogP contribution in [-0.4, -0.2) is 111 Å². The third-order valence-corrected chi connectivity index (χ3v) is 8.73. The molecule has 0 aliphatic carbocycles. The molecule has 1 fully saturated rings. The Kier molecular flexibility index (Phi) is 22.2. The number of amidine groups is 1. The van der Waals surface area contributed by atoms with Gasteiger partial charge in [0.25, 0.3) is 0 Å². The van der Waals surface area contributed by atoms with E-state index in [4.69, 9.17) is 33.2 Å². The Morgan fingerprint density at radius 2 is 1.30 bits per heavy atom. The second-order valence-corrected chi connectivity index (χ2v) is 19.9. The lowest BCUT2D eigenvalue weighted by atomic mass is 9.92. The lowest BCUT2D eigenvalue weighted by molar-refractivity contribution is -0.157. The van der Waals surface area contributed by atoms with Crippen molar-refractivity contribution in [2.24, 2.45) is 15.9 Å². The summed E-state index contributed by atoms with van der Waals surface area (Å²) in [6.07, 6.45) is -7.00. The average molecular weight is 983 g/mol. The number of hydrogen-bond donors (Lipinski definition) is 4. The van der Waals surface area contributed by atoms with Crippen molar-refractivity contribution in [2.75, 3.05) is 18.5 Å². The standard InChI is InChI=1S/C45H71FN8O15/c1-15-16-17-23-63-37(58)51-33-29(46)25-54(36(57)50-33)34-32(65-31(56)20-18-19-30(48-38(59)66-42(3,4)5)49-39(60)67-43(6,7)8)28(26(2)64-34)24-27(55)21-22-47-35(52-40(61)68-44(9,10)11)53-41(62)69-45(12,13)14/h25-26,28,32,34H,15-24H2,1-14H3,(H,48,49,59,60)(H,50,51,57,58)(H2,47,52,53,61,62)/t26-,28-,32-,34-/m1/s1. The van der Waals surface area contributed by atoms with Crippen LogP contribution >= 0.6 is 0 Å². The van der Waals surface area contributed by atoms with Gasteiger partial charge in [-0.3, -0.25) is 40.4 Å². The van der Waals surface area contributed by atoms with E-state index in [0.29, 0.717) is 12.6 Å². The average Bonchev–Trinajstić information content (AvgIpc) is 3.44. The van der Waals surface area contributed by atoms with Crippen LogP contribution in [0.2, 0.25) is 0 Å². The molecule has 1 aliphatic heterocycles. The van der Waals surface area contributed by atoms with Crippen molar-refractivity contribution in [2.45, 2.75) is 189 Å². The van der Waals surface area contributed by atoms with Gasteiger partial charge in [-0.2, -0.15) is 9.98 Å². The van der Waals surface area contributed by atoms with Crippen molar-refractivity contribution in [1.29, 1.82) is 0 Å². The van der Waals surface area contributed by atoms with Crippen LogP contribution in [0.1, 0.15) is 155 Å². The molecular weight excluding hydrogens is 912 g/mol. The largest absolute Gasteiger partial charge is 0.457 e. The number of ketones is 1. The number of nitrogens with one attached hydrogen (secondary N) is 4. The number of aromatic nitrogens is 2. The number of alkyl carbamates (subject to hydrolysis) is 3. The smallest absolute Gasteiger partial charge is 0.435 e. The molecular formula is C45H71FN8O15. The van der Waals surface area contributed by atoms with E-state index in [0.717, 1.165) is 17.4 Å². The number of ether oxygens (including phenoxy) is 7. The summed E-state index contributed by atoms with van der Waals surface area (Å²) in [6.45, 7) is 22.8. The molecule has 0 saturated carbocycles. The molecule has 1 aromatic heterocycles. The van der Waals surface area contributed by atoms with Crippen LogP contribution in [0.5, 0.6) is 0 Å². The van der Waals surface area contributed by atoms with Crippen LogP contribution in [0.15, 0.2) is 21.0 Å². The van der Waals surface area contributed by atoms with Crippen molar-refractivity contribution in [3.05, 3.63) is 22.5 Å². The molecule has 1 saturated heterocycles. The summed E-state index contributed by atoms with van der Waals surface area (Å²) < 4.78 is 54.3. The number of unbranched alkanes of at least 4 members (excludes halogenated alkanes) is 2. The second kappa shape index (κ2) is 26.0. The minimum absolute atomic E-state index is 0.0525. The molecule has 0 bridgehead atoms. The fourth-order valence-electron chi connectivity index (χ4n) is 6.04. The van der Waals surface area contributed by atoms with Crippen LogP contribution in [0.25, 0.3) is 0 Å². The number of Topliss-reactive ketones (excluding diaryl/α,β-unsaturated/α-hetero) is 1. The summed E-state index contributed by atoms with van der Waals surface area (Å²) in [4.78, 5) is 115. The zero-order valence-corrected chi connectivity index (χ0v) is 42.2. The van der Waals surface area contributed by atoms with Crippen molar-refractivity contribution in [1.82, 2.24) is 25.5 Å². The number of rotatable bonds is 16. The van der Waals surface area contributed by atoms with Gasteiger partial charge in [-0.15, -0.1) is 0 Å². The zero-order valence-electron chi connectivity index (χ0n) is 42.2. The van der Waals surface area contributed by atoms with Crippen molar-refractivity contribution in [3.8, 4) is 0 Å². The van der Waals surface area contributed by atoms with E-state index in [1.54, 1.807) is 90.0 Å². The van der Waals surface area contributed by atoms with Crippen LogP contribution < -0.4 is 27.0 Å². The first-order valence-electron chi connectivity index (χ1n) is 22.7. The number of esters is 1. The fourth-order valence-corrected chi connectivity index (χ4v) is 6.04. The third kappa shape index (κ3) is 24.1. The Hall–Kier alpha value is -6.20. The van der Waals surface area contributed by atoms with Gasteiger partial charge in [0.1, 0.15) is 34.0 Å². The van der Waals surface area contributed by atoms with Crippen LogP contribution in [0.4, 0.5) is 34.2 Å². The first kappa shape index (κ1) is 58.9. The molecule has 1 aliphatic rings. The summed E-state index contributed by atoms with van der Waals surface area (Å²) in [7, 11) is 0. The van der Waals surface area contributed by atoms with E-state index in [9.17, 15) is 38.4 Å². The Morgan fingerprint density at radius 3 is 1.84 bits per heavy atom. The molecule has 4 atom stereocenters. The summed E-state index contributed by atoms with van der Waals surface area (Å²) in [6, 6.07) is 0. The van der Waals surface area contributed by atoms with Crippen LogP contribution in [0, 0.1) is 11.7 Å². The SMILES string of the molecule is CCCCCOC(=O)Nc1nc(=O)n([C@@H]2O[C@H](C)[C@@H](CC(=O)CCN=C(NC(=O)OC(C)(C)C)NC(=O)OC(C)(C)C)[C@H]2OC(=O)CCCC(=NC(=O)OC(C)(C)C)NC(=O)OC(C)(C)C)cc1F. The molecule has 0 aromatic carbocycles. The highest BCUT2D eigenvalue weighted by molar-refractivity contribution is 6.01. The maximum absolute atomic E-state index is 15.5. The molecule has 5 amide bonds. The summed E-state index contributed by atoms with van der Waals surface area (Å²) in [5.41, 5.74) is -4.73. The molecule has 23 nitrogen and oxygen atoms in total. The minimum atomic E-state index is -1.54. The fraction of sp³-hybridized carbons (Fsp3) is 0.711. The molecule has 0 spiro atoms. The number of hydrogen-bond acceptors (Lipinski definition) is 17. The molecule has 0 unspecified atom stereocenters. The molecule has 2 heterocycles. The number of aliphatic imine (C=N–C) groups is 2. The van der Waals surface area contributed by atoms with Gasteiger partial charge in [-0.05, 0) is 103 Å².